The van der Waals surface area contributed by atoms with Gasteiger partial charge in [-0.05, 0) is 26.2 Å². The Kier molecular flexibility index (Phi) is 3.14. The van der Waals surface area contributed by atoms with Gasteiger partial charge in [0, 0.05) is 0 Å². The smallest absolute Gasteiger partial charge is 0.312 e. The van der Waals surface area contributed by atoms with Crippen molar-refractivity contribution in [2.45, 2.75) is 26.2 Å². The van der Waals surface area contributed by atoms with Gasteiger partial charge in [-0.15, -0.1) is 0 Å². The van der Waals surface area contributed by atoms with Crippen molar-refractivity contribution in [3.63, 3.8) is 0 Å². The molecule has 62 valence electrons. The van der Waals surface area contributed by atoms with E-state index in [1.165, 1.54) is 0 Å². The molecule has 0 amide bonds. The van der Waals surface area contributed by atoms with Gasteiger partial charge in [0.05, 0.1) is 12.5 Å². The number of rotatable bonds is 2. The number of carbonyl (C=O) groups is 1. The third-order valence-electron chi connectivity index (χ3n) is 1.84. The molecule has 11 heavy (non-hydrogen) atoms. The van der Waals surface area contributed by atoms with Crippen LogP contribution in [0.4, 0.5) is 0 Å². The van der Waals surface area contributed by atoms with Crippen LogP contribution < -0.4 is 0 Å². The molecule has 0 heterocycles. The standard InChI is InChI=1S/C9H14O2/c1-2-11-9(10)8-6-4-3-5-7-8/h4,6,8H,2-3,5,7H2,1H3. The highest BCUT2D eigenvalue weighted by Gasteiger charge is 2.17. The molecule has 0 spiro atoms. The zero-order valence-corrected chi connectivity index (χ0v) is 6.88. The second-order valence-corrected chi connectivity index (χ2v) is 2.72. The highest BCUT2D eigenvalue weighted by atomic mass is 16.5. The minimum atomic E-state index is -0.0662. The van der Waals surface area contributed by atoms with Crippen LogP contribution in [0.3, 0.4) is 0 Å². The van der Waals surface area contributed by atoms with Crippen LogP contribution in [0.25, 0.3) is 0 Å². The van der Waals surface area contributed by atoms with E-state index in [0.717, 1.165) is 19.3 Å². The van der Waals surface area contributed by atoms with Crippen molar-refractivity contribution in [3.05, 3.63) is 12.2 Å². The first-order chi connectivity index (χ1) is 5.34. The van der Waals surface area contributed by atoms with Gasteiger partial charge >= 0.3 is 5.97 Å². The Balaban J connectivity index is 2.39. The van der Waals surface area contributed by atoms with Crippen molar-refractivity contribution in [2.75, 3.05) is 6.61 Å². The molecule has 0 saturated carbocycles. The van der Waals surface area contributed by atoms with Crippen LogP contribution in [-0.4, -0.2) is 12.6 Å². The van der Waals surface area contributed by atoms with Crippen LogP contribution in [0.1, 0.15) is 26.2 Å². The number of allylic oxidation sites excluding steroid dienone is 1. The summed E-state index contributed by atoms with van der Waals surface area (Å²) in [7, 11) is 0. The van der Waals surface area contributed by atoms with E-state index < -0.39 is 0 Å². The minimum Gasteiger partial charge on any atom is -0.466 e. The topological polar surface area (TPSA) is 26.3 Å². The molecule has 0 radical (unpaired) electrons. The molecule has 0 fully saturated rings. The number of esters is 1. The Morgan fingerprint density at radius 2 is 2.55 bits per heavy atom. The Hall–Kier alpha value is -0.790. The lowest BCUT2D eigenvalue weighted by Gasteiger charge is -2.13. The van der Waals surface area contributed by atoms with Crippen molar-refractivity contribution in [3.8, 4) is 0 Å². The lowest BCUT2D eigenvalue weighted by molar-refractivity contribution is -0.146. The van der Waals surface area contributed by atoms with E-state index in [-0.39, 0.29) is 11.9 Å². The van der Waals surface area contributed by atoms with E-state index in [9.17, 15) is 4.79 Å². The first kappa shape index (κ1) is 8.31. The van der Waals surface area contributed by atoms with Gasteiger partial charge in [-0.1, -0.05) is 12.2 Å². The molecule has 0 aliphatic heterocycles. The van der Waals surface area contributed by atoms with E-state index in [2.05, 4.69) is 6.08 Å². The second-order valence-electron chi connectivity index (χ2n) is 2.72. The van der Waals surface area contributed by atoms with Gasteiger partial charge in [-0.3, -0.25) is 4.79 Å². The quantitative estimate of drug-likeness (QED) is 0.448. The molecule has 0 bridgehead atoms. The lowest BCUT2D eigenvalue weighted by atomic mass is 9.96. The summed E-state index contributed by atoms with van der Waals surface area (Å²) in [6, 6.07) is 0. The molecule has 0 aromatic carbocycles. The summed E-state index contributed by atoms with van der Waals surface area (Å²) in [6.45, 7) is 2.33. The third kappa shape index (κ3) is 2.37. The number of carbonyl (C=O) groups excluding carboxylic acids is 1. The Labute approximate surface area is 67.2 Å². The highest BCUT2D eigenvalue weighted by molar-refractivity contribution is 5.74. The average molecular weight is 154 g/mol. The molecule has 1 atom stereocenters. The molecular weight excluding hydrogens is 140 g/mol. The maximum absolute atomic E-state index is 11.1. The summed E-state index contributed by atoms with van der Waals surface area (Å²) in [5.74, 6) is -0.0350. The van der Waals surface area contributed by atoms with E-state index in [0.29, 0.717) is 6.61 Å². The lowest BCUT2D eigenvalue weighted by Crippen LogP contribution is -2.17. The predicted octanol–water partition coefficient (Wildman–Crippen LogP) is 1.91. The van der Waals surface area contributed by atoms with Gasteiger partial charge in [0.1, 0.15) is 0 Å². The van der Waals surface area contributed by atoms with Gasteiger partial charge < -0.3 is 4.74 Å². The van der Waals surface area contributed by atoms with Gasteiger partial charge in [0.2, 0.25) is 0 Å². The van der Waals surface area contributed by atoms with E-state index in [1.54, 1.807) is 0 Å². The maximum atomic E-state index is 11.1. The second kappa shape index (κ2) is 4.16. The zero-order chi connectivity index (χ0) is 8.10. The first-order valence-corrected chi connectivity index (χ1v) is 4.18. The summed E-state index contributed by atoms with van der Waals surface area (Å²) >= 11 is 0. The molecule has 1 unspecified atom stereocenters. The van der Waals surface area contributed by atoms with Gasteiger partial charge in [0.25, 0.3) is 0 Å². The fourth-order valence-electron chi connectivity index (χ4n) is 1.26. The molecule has 2 nitrogen and oxygen atoms in total. The Bertz CT molecular complexity index is 161. The molecule has 1 rings (SSSR count). The maximum Gasteiger partial charge on any atom is 0.312 e. The number of ether oxygens (including phenoxy) is 1. The fourth-order valence-corrected chi connectivity index (χ4v) is 1.26. The van der Waals surface area contributed by atoms with Gasteiger partial charge in [0.15, 0.2) is 0 Å². The number of hydrogen-bond acceptors (Lipinski definition) is 2. The minimum absolute atomic E-state index is 0.0312. The summed E-state index contributed by atoms with van der Waals surface area (Å²) in [5, 5.41) is 0. The van der Waals surface area contributed by atoms with Crippen LogP contribution >= 0.6 is 0 Å². The summed E-state index contributed by atoms with van der Waals surface area (Å²) in [6.07, 6.45) is 7.19. The van der Waals surface area contributed by atoms with Gasteiger partial charge in [-0.2, -0.15) is 0 Å². The van der Waals surface area contributed by atoms with Crippen molar-refractivity contribution >= 4 is 5.97 Å². The summed E-state index contributed by atoms with van der Waals surface area (Å²) in [4.78, 5) is 11.1. The summed E-state index contributed by atoms with van der Waals surface area (Å²) in [5.41, 5.74) is 0. The fraction of sp³-hybridized carbons (Fsp3) is 0.667. The van der Waals surface area contributed by atoms with Crippen molar-refractivity contribution in [1.82, 2.24) is 0 Å². The van der Waals surface area contributed by atoms with Crippen molar-refractivity contribution in [1.29, 1.82) is 0 Å². The van der Waals surface area contributed by atoms with E-state index >= 15 is 0 Å². The molecule has 0 aromatic rings. The van der Waals surface area contributed by atoms with Crippen LogP contribution in [0.2, 0.25) is 0 Å². The number of hydrogen-bond donors (Lipinski definition) is 0. The summed E-state index contributed by atoms with van der Waals surface area (Å²) < 4.78 is 4.89. The van der Waals surface area contributed by atoms with Crippen LogP contribution in [0, 0.1) is 5.92 Å². The van der Waals surface area contributed by atoms with Crippen molar-refractivity contribution in [2.24, 2.45) is 5.92 Å². The Morgan fingerprint density at radius 1 is 1.73 bits per heavy atom. The molecular formula is C9H14O2. The predicted molar refractivity (Wildman–Crippen MR) is 43.1 cm³/mol. The molecule has 0 N–H and O–H groups in total. The monoisotopic (exact) mass is 154 g/mol. The van der Waals surface area contributed by atoms with Crippen LogP contribution in [0.5, 0.6) is 0 Å². The molecule has 2 heteroatoms. The van der Waals surface area contributed by atoms with E-state index in [4.69, 9.17) is 4.74 Å². The molecule has 0 saturated heterocycles. The highest BCUT2D eigenvalue weighted by Crippen LogP contribution is 2.17. The largest absolute Gasteiger partial charge is 0.466 e. The third-order valence-corrected chi connectivity index (χ3v) is 1.84. The van der Waals surface area contributed by atoms with Crippen LogP contribution in [-0.2, 0) is 9.53 Å². The van der Waals surface area contributed by atoms with Crippen LogP contribution in [0.15, 0.2) is 12.2 Å². The zero-order valence-electron chi connectivity index (χ0n) is 6.88. The van der Waals surface area contributed by atoms with Gasteiger partial charge in [-0.25, -0.2) is 0 Å². The average Bonchev–Trinajstić information content (AvgIpc) is 2.07. The Morgan fingerprint density at radius 3 is 3.09 bits per heavy atom. The molecule has 1 aliphatic carbocycles. The van der Waals surface area contributed by atoms with E-state index in [1.807, 2.05) is 13.0 Å². The normalized spacial score (nSPS) is 23.2. The van der Waals surface area contributed by atoms with Crippen molar-refractivity contribution < 1.29 is 9.53 Å². The molecule has 1 aliphatic rings. The molecule has 0 aromatic heterocycles. The SMILES string of the molecule is CCOC(=O)C1C=CCCC1. The first-order valence-electron chi connectivity index (χ1n) is 4.18.